The largest absolute Gasteiger partial charge is 0.493 e. The Kier molecular flexibility index (Phi) is 3.69. The lowest BCUT2D eigenvalue weighted by Gasteiger charge is -2.05. The molecule has 0 saturated heterocycles. The molecule has 0 aliphatic carbocycles. The third kappa shape index (κ3) is 2.83. The van der Waals surface area contributed by atoms with Crippen molar-refractivity contribution in [3.8, 4) is 17.2 Å². The summed E-state index contributed by atoms with van der Waals surface area (Å²) < 4.78 is 21.4. The Morgan fingerprint density at radius 2 is 1.90 bits per heavy atom. The molecule has 0 amide bonds. The molecule has 0 spiro atoms. The van der Waals surface area contributed by atoms with Crippen LogP contribution in [-0.2, 0) is 12.8 Å². The van der Waals surface area contributed by atoms with Crippen LogP contribution in [-0.4, -0.2) is 35.3 Å². The second-order valence-corrected chi connectivity index (χ2v) is 4.18. The normalized spacial score (nSPS) is 12.7. The third-order valence-corrected chi connectivity index (χ3v) is 2.76. The number of fused-ring (bicyclic) bond motifs is 1. The van der Waals surface area contributed by atoms with Gasteiger partial charge in [-0.25, -0.2) is 0 Å². The summed E-state index contributed by atoms with van der Waals surface area (Å²) in [5.41, 5.74) is 0. The van der Waals surface area contributed by atoms with Gasteiger partial charge < -0.3 is 23.7 Å². The van der Waals surface area contributed by atoms with Gasteiger partial charge in [0.15, 0.2) is 11.5 Å². The molecule has 106 valence electrons. The molecule has 2 aromatic rings. The summed E-state index contributed by atoms with van der Waals surface area (Å²) in [5, 5.41) is 16.4. The Hall–Kier alpha value is -2.28. The molecule has 0 fully saturated rings. The average molecular weight is 278 g/mol. The molecule has 7 nitrogen and oxygen atoms in total. The van der Waals surface area contributed by atoms with Gasteiger partial charge in [-0.1, -0.05) is 0 Å². The minimum Gasteiger partial charge on any atom is -0.493 e. The molecule has 20 heavy (non-hydrogen) atoms. The van der Waals surface area contributed by atoms with Crippen molar-refractivity contribution in [3.05, 3.63) is 30.0 Å². The van der Waals surface area contributed by atoms with E-state index in [1.807, 2.05) is 12.1 Å². The summed E-state index contributed by atoms with van der Waals surface area (Å²) in [4.78, 5) is 0. The van der Waals surface area contributed by atoms with E-state index in [-0.39, 0.29) is 13.4 Å². The number of benzene rings is 1. The molecule has 7 heteroatoms. The smallest absolute Gasteiger partial charge is 0.231 e. The second-order valence-electron chi connectivity index (χ2n) is 4.18. The number of rotatable bonds is 6. The fourth-order valence-corrected chi connectivity index (χ4v) is 1.81. The minimum absolute atomic E-state index is 0.00463. The van der Waals surface area contributed by atoms with Crippen molar-refractivity contribution in [2.75, 3.05) is 20.0 Å². The molecule has 1 aliphatic rings. The van der Waals surface area contributed by atoms with Gasteiger partial charge in [-0.05, 0) is 12.1 Å². The number of aliphatic hydroxyl groups excluding tert-OH is 1. The average Bonchev–Trinajstić information content (AvgIpc) is 3.08. The Balaban J connectivity index is 1.51. The topological polar surface area (TPSA) is 86.8 Å². The highest BCUT2D eigenvalue weighted by atomic mass is 16.7. The summed E-state index contributed by atoms with van der Waals surface area (Å²) in [7, 11) is 0. The van der Waals surface area contributed by atoms with Gasteiger partial charge >= 0.3 is 0 Å². The van der Waals surface area contributed by atoms with E-state index in [0.29, 0.717) is 42.7 Å². The molecule has 0 saturated carbocycles. The molecule has 1 aliphatic heterocycles. The monoisotopic (exact) mass is 278 g/mol. The lowest BCUT2D eigenvalue weighted by Crippen LogP contribution is -2.01. The van der Waals surface area contributed by atoms with E-state index in [1.54, 1.807) is 6.07 Å². The summed E-state index contributed by atoms with van der Waals surface area (Å²) in [6.07, 6.45) is 0.878. The molecule has 1 N–H and O–H groups in total. The van der Waals surface area contributed by atoms with E-state index in [4.69, 9.17) is 23.7 Å². The molecule has 1 aromatic carbocycles. The van der Waals surface area contributed by atoms with E-state index in [1.165, 1.54) is 0 Å². The first-order valence-electron chi connectivity index (χ1n) is 6.30. The van der Waals surface area contributed by atoms with Gasteiger partial charge in [0, 0.05) is 12.5 Å². The summed E-state index contributed by atoms with van der Waals surface area (Å²) in [6.45, 7) is 0.657. The molecule has 0 bridgehead atoms. The van der Waals surface area contributed by atoms with Gasteiger partial charge in [0.25, 0.3) is 0 Å². The SMILES string of the molecule is OCCc1nnc(CCOc2ccc3c(c2)OCO3)o1. The Morgan fingerprint density at radius 1 is 1.10 bits per heavy atom. The first-order valence-corrected chi connectivity index (χ1v) is 6.30. The Morgan fingerprint density at radius 3 is 2.75 bits per heavy atom. The summed E-state index contributed by atoms with van der Waals surface area (Å²) in [5.74, 6) is 3.04. The van der Waals surface area contributed by atoms with E-state index < -0.39 is 0 Å². The van der Waals surface area contributed by atoms with Crippen LogP contribution in [0.4, 0.5) is 0 Å². The van der Waals surface area contributed by atoms with Crippen LogP contribution in [0.15, 0.2) is 22.6 Å². The van der Waals surface area contributed by atoms with Gasteiger partial charge in [0.2, 0.25) is 18.6 Å². The maximum Gasteiger partial charge on any atom is 0.231 e. The molecule has 3 rings (SSSR count). The first kappa shape index (κ1) is 12.7. The van der Waals surface area contributed by atoms with Crippen LogP contribution < -0.4 is 14.2 Å². The predicted octanol–water partition coefficient (Wildman–Crippen LogP) is 0.955. The van der Waals surface area contributed by atoms with E-state index in [2.05, 4.69) is 10.2 Å². The lowest BCUT2D eigenvalue weighted by atomic mass is 10.3. The quantitative estimate of drug-likeness (QED) is 0.841. The number of nitrogens with zero attached hydrogens (tertiary/aromatic N) is 2. The molecule has 1 aromatic heterocycles. The van der Waals surface area contributed by atoms with Crippen molar-refractivity contribution in [3.63, 3.8) is 0 Å². The zero-order chi connectivity index (χ0) is 13.8. The van der Waals surface area contributed by atoms with Crippen molar-refractivity contribution in [2.24, 2.45) is 0 Å². The predicted molar refractivity (Wildman–Crippen MR) is 66.9 cm³/mol. The third-order valence-electron chi connectivity index (χ3n) is 2.76. The highest BCUT2D eigenvalue weighted by molar-refractivity contribution is 5.46. The lowest BCUT2D eigenvalue weighted by molar-refractivity contribution is 0.173. The van der Waals surface area contributed by atoms with Crippen LogP contribution in [0.5, 0.6) is 17.2 Å². The van der Waals surface area contributed by atoms with Crippen LogP contribution in [0.25, 0.3) is 0 Å². The highest BCUT2D eigenvalue weighted by Gasteiger charge is 2.13. The Bertz CT molecular complexity index is 584. The van der Waals surface area contributed by atoms with Crippen molar-refractivity contribution in [1.29, 1.82) is 0 Å². The van der Waals surface area contributed by atoms with E-state index >= 15 is 0 Å². The van der Waals surface area contributed by atoms with E-state index in [9.17, 15) is 0 Å². The first-order chi connectivity index (χ1) is 9.85. The Labute approximate surface area is 115 Å². The fourth-order valence-electron chi connectivity index (χ4n) is 1.81. The van der Waals surface area contributed by atoms with Crippen LogP contribution in [0.1, 0.15) is 11.8 Å². The van der Waals surface area contributed by atoms with Gasteiger partial charge in [0.1, 0.15) is 5.75 Å². The van der Waals surface area contributed by atoms with Crippen molar-refractivity contribution < 1.29 is 23.7 Å². The van der Waals surface area contributed by atoms with E-state index in [0.717, 1.165) is 5.75 Å². The summed E-state index contributed by atoms with van der Waals surface area (Å²) in [6, 6.07) is 5.41. The minimum atomic E-state index is -0.00463. The number of hydrogen-bond acceptors (Lipinski definition) is 7. The van der Waals surface area contributed by atoms with Crippen LogP contribution >= 0.6 is 0 Å². The van der Waals surface area contributed by atoms with Gasteiger partial charge in [0.05, 0.1) is 19.6 Å². The van der Waals surface area contributed by atoms with Crippen molar-refractivity contribution in [2.45, 2.75) is 12.8 Å². The molecular formula is C13H14N2O5. The zero-order valence-electron chi connectivity index (χ0n) is 10.7. The van der Waals surface area contributed by atoms with Crippen LogP contribution in [0.3, 0.4) is 0 Å². The fraction of sp³-hybridized carbons (Fsp3) is 0.385. The van der Waals surface area contributed by atoms with Gasteiger partial charge in [-0.2, -0.15) is 0 Å². The van der Waals surface area contributed by atoms with Crippen molar-refractivity contribution >= 4 is 0 Å². The molecule has 0 radical (unpaired) electrons. The molecule has 0 unspecified atom stereocenters. The van der Waals surface area contributed by atoms with Crippen LogP contribution in [0.2, 0.25) is 0 Å². The maximum atomic E-state index is 8.76. The number of aliphatic hydroxyl groups is 1. The van der Waals surface area contributed by atoms with Crippen LogP contribution in [0, 0.1) is 0 Å². The molecule has 0 atom stereocenters. The molecule has 2 heterocycles. The highest BCUT2D eigenvalue weighted by Crippen LogP contribution is 2.35. The number of ether oxygens (including phenoxy) is 3. The van der Waals surface area contributed by atoms with Crippen molar-refractivity contribution in [1.82, 2.24) is 10.2 Å². The van der Waals surface area contributed by atoms with Gasteiger partial charge in [-0.3, -0.25) is 0 Å². The maximum absolute atomic E-state index is 8.76. The zero-order valence-corrected chi connectivity index (χ0v) is 10.7. The number of aromatic nitrogens is 2. The molecular weight excluding hydrogens is 264 g/mol. The summed E-state index contributed by atoms with van der Waals surface area (Å²) >= 11 is 0. The standard InChI is InChI=1S/C13H14N2O5/c16-5-3-12-14-15-13(20-12)4-6-17-9-1-2-10-11(7-9)19-8-18-10/h1-2,7,16H,3-6,8H2. The number of hydrogen-bond donors (Lipinski definition) is 1. The van der Waals surface area contributed by atoms with Gasteiger partial charge in [-0.15, -0.1) is 10.2 Å². The second kappa shape index (κ2) is 5.79.